The lowest BCUT2D eigenvalue weighted by Gasteiger charge is -2.05. The van der Waals surface area contributed by atoms with E-state index >= 15 is 0 Å². The number of sulfonamides is 1. The molecule has 3 N–H and O–H groups in total. The second kappa shape index (κ2) is 4.42. The molecule has 0 aromatic heterocycles. The van der Waals surface area contributed by atoms with Gasteiger partial charge >= 0.3 is 0 Å². The van der Waals surface area contributed by atoms with Gasteiger partial charge in [-0.3, -0.25) is 9.52 Å². The van der Waals surface area contributed by atoms with Crippen LogP contribution in [0.4, 0.5) is 0 Å². The van der Waals surface area contributed by atoms with Crippen molar-refractivity contribution in [1.82, 2.24) is 4.72 Å². The van der Waals surface area contributed by atoms with Gasteiger partial charge in [-0.05, 0) is 13.8 Å². The molecule has 6 heteroatoms. The molecule has 0 aliphatic heterocycles. The van der Waals surface area contributed by atoms with Crippen LogP contribution in [0.3, 0.4) is 0 Å². The summed E-state index contributed by atoms with van der Waals surface area (Å²) in [6.07, 6.45) is 0.0270. The van der Waals surface area contributed by atoms with Crippen molar-refractivity contribution in [2.75, 3.05) is 5.75 Å². The van der Waals surface area contributed by atoms with Crippen LogP contribution in [-0.2, 0) is 14.8 Å². The summed E-state index contributed by atoms with van der Waals surface area (Å²) in [4.78, 5) is 10.9. The summed E-state index contributed by atoms with van der Waals surface area (Å²) in [5, 5.41) is 0. The van der Waals surface area contributed by atoms with Gasteiger partial charge in [-0.1, -0.05) is 0 Å². The highest BCUT2D eigenvalue weighted by molar-refractivity contribution is 7.90. The van der Waals surface area contributed by atoms with Gasteiger partial charge in [0.15, 0.2) is 0 Å². The Kier molecular flexibility index (Phi) is 4.19. The molecule has 0 heterocycles. The highest BCUT2D eigenvalue weighted by atomic mass is 32.2. The number of nitrogens with one attached hydrogen (secondary N) is 1. The first-order chi connectivity index (χ1) is 5.37. The SMILES string of the molecule is CCS(=O)(=O)NC(=O)CC(C)N. The molecule has 0 aromatic rings. The molecule has 0 radical (unpaired) electrons. The van der Waals surface area contributed by atoms with Crippen LogP contribution < -0.4 is 10.5 Å². The number of amides is 1. The van der Waals surface area contributed by atoms with Crippen LogP contribution in [-0.4, -0.2) is 26.1 Å². The smallest absolute Gasteiger partial charge is 0.234 e. The van der Waals surface area contributed by atoms with Gasteiger partial charge in [-0.25, -0.2) is 8.42 Å². The number of rotatable bonds is 4. The first kappa shape index (κ1) is 11.4. The van der Waals surface area contributed by atoms with Gasteiger partial charge in [0.05, 0.1) is 5.75 Å². The molecule has 1 atom stereocenters. The third-order valence-corrected chi connectivity index (χ3v) is 2.46. The second-order valence-electron chi connectivity index (χ2n) is 2.61. The number of carbonyl (C=O) groups is 1. The van der Waals surface area contributed by atoms with Crippen molar-refractivity contribution in [2.45, 2.75) is 26.3 Å². The van der Waals surface area contributed by atoms with Crippen LogP contribution in [0.15, 0.2) is 0 Å². The maximum Gasteiger partial charge on any atom is 0.234 e. The molecule has 12 heavy (non-hydrogen) atoms. The molecule has 0 spiro atoms. The van der Waals surface area contributed by atoms with E-state index in [1.807, 2.05) is 4.72 Å². The summed E-state index contributed by atoms with van der Waals surface area (Å²) in [7, 11) is -3.42. The monoisotopic (exact) mass is 194 g/mol. The zero-order valence-corrected chi connectivity index (χ0v) is 8.02. The van der Waals surface area contributed by atoms with Crippen LogP contribution in [0.1, 0.15) is 20.3 Å². The quantitative estimate of drug-likeness (QED) is 0.612. The lowest BCUT2D eigenvalue weighted by molar-refractivity contribution is -0.119. The Morgan fingerprint density at radius 2 is 2.08 bits per heavy atom. The largest absolute Gasteiger partial charge is 0.327 e. The van der Waals surface area contributed by atoms with Crippen molar-refractivity contribution in [1.29, 1.82) is 0 Å². The summed E-state index contributed by atoms with van der Waals surface area (Å²) in [5.41, 5.74) is 5.30. The Bertz CT molecular complexity index is 246. The molecule has 0 bridgehead atoms. The highest BCUT2D eigenvalue weighted by Crippen LogP contribution is 1.89. The number of hydrogen-bond acceptors (Lipinski definition) is 4. The molecular weight excluding hydrogens is 180 g/mol. The van der Waals surface area contributed by atoms with Crippen molar-refractivity contribution in [3.63, 3.8) is 0 Å². The van der Waals surface area contributed by atoms with Crippen molar-refractivity contribution in [2.24, 2.45) is 5.73 Å². The fourth-order valence-electron chi connectivity index (χ4n) is 0.580. The van der Waals surface area contributed by atoms with Crippen molar-refractivity contribution in [3.8, 4) is 0 Å². The number of carbonyl (C=O) groups excluding carboxylic acids is 1. The van der Waals surface area contributed by atoms with E-state index in [2.05, 4.69) is 0 Å². The normalized spacial score (nSPS) is 13.9. The predicted molar refractivity (Wildman–Crippen MR) is 45.9 cm³/mol. The molecule has 72 valence electrons. The Labute approximate surface area is 72.4 Å². The Morgan fingerprint density at radius 1 is 1.58 bits per heavy atom. The van der Waals surface area contributed by atoms with Crippen molar-refractivity contribution in [3.05, 3.63) is 0 Å². The average Bonchev–Trinajstić information content (AvgIpc) is 1.84. The first-order valence-corrected chi connectivity index (χ1v) is 5.31. The summed E-state index contributed by atoms with van der Waals surface area (Å²) < 4.78 is 23.5. The molecule has 5 nitrogen and oxygen atoms in total. The second-order valence-corrected chi connectivity index (χ2v) is 4.62. The Balaban J connectivity index is 4.02. The van der Waals surface area contributed by atoms with E-state index in [4.69, 9.17) is 5.73 Å². The minimum atomic E-state index is -3.42. The van der Waals surface area contributed by atoms with Gasteiger partial charge < -0.3 is 5.73 Å². The maximum atomic E-state index is 10.9. The van der Waals surface area contributed by atoms with Gasteiger partial charge in [-0.2, -0.15) is 0 Å². The van der Waals surface area contributed by atoms with Gasteiger partial charge in [0.2, 0.25) is 15.9 Å². The molecular formula is C6H14N2O3S. The van der Waals surface area contributed by atoms with E-state index in [0.29, 0.717) is 0 Å². The Hall–Kier alpha value is -0.620. The zero-order chi connectivity index (χ0) is 9.78. The summed E-state index contributed by atoms with van der Waals surface area (Å²) in [6.45, 7) is 3.10. The predicted octanol–water partition coefficient (Wildman–Crippen LogP) is -0.810. The van der Waals surface area contributed by atoms with E-state index < -0.39 is 15.9 Å². The number of nitrogens with two attached hydrogens (primary N) is 1. The molecule has 0 saturated carbocycles. The summed E-state index contributed by atoms with van der Waals surface area (Å²) in [5.74, 6) is -0.649. The molecule has 0 rings (SSSR count). The fraction of sp³-hybridized carbons (Fsp3) is 0.833. The molecule has 0 aromatic carbocycles. The van der Waals surface area contributed by atoms with Gasteiger partial charge in [-0.15, -0.1) is 0 Å². The van der Waals surface area contributed by atoms with Gasteiger partial charge in [0.1, 0.15) is 0 Å². The molecule has 0 aliphatic carbocycles. The molecule has 1 amide bonds. The van der Waals surface area contributed by atoms with E-state index in [1.165, 1.54) is 6.92 Å². The lowest BCUT2D eigenvalue weighted by atomic mass is 10.2. The fourth-order valence-corrected chi connectivity index (χ4v) is 1.15. The third-order valence-electron chi connectivity index (χ3n) is 1.16. The van der Waals surface area contributed by atoms with Crippen LogP contribution in [0.25, 0.3) is 0 Å². The highest BCUT2D eigenvalue weighted by Gasteiger charge is 2.12. The van der Waals surface area contributed by atoms with E-state index in [1.54, 1.807) is 6.92 Å². The van der Waals surface area contributed by atoms with Crippen molar-refractivity contribution >= 4 is 15.9 Å². The third kappa shape index (κ3) is 5.09. The van der Waals surface area contributed by atoms with E-state index in [-0.39, 0.29) is 18.2 Å². The number of hydrogen-bond donors (Lipinski definition) is 2. The zero-order valence-electron chi connectivity index (χ0n) is 7.20. The first-order valence-electron chi connectivity index (χ1n) is 3.66. The topological polar surface area (TPSA) is 89.3 Å². The van der Waals surface area contributed by atoms with Gasteiger partial charge in [0, 0.05) is 12.5 Å². The van der Waals surface area contributed by atoms with Crippen LogP contribution >= 0.6 is 0 Å². The van der Waals surface area contributed by atoms with E-state index in [0.717, 1.165) is 0 Å². The maximum absolute atomic E-state index is 10.9. The minimum Gasteiger partial charge on any atom is -0.327 e. The van der Waals surface area contributed by atoms with Crippen LogP contribution in [0, 0.1) is 0 Å². The average molecular weight is 194 g/mol. The van der Waals surface area contributed by atoms with Crippen LogP contribution in [0.2, 0.25) is 0 Å². The van der Waals surface area contributed by atoms with Crippen LogP contribution in [0.5, 0.6) is 0 Å². The molecule has 0 saturated heterocycles. The van der Waals surface area contributed by atoms with Gasteiger partial charge in [0.25, 0.3) is 0 Å². The lowest BCUT2D eigenvalue weighted by Crippen LogP contribution is -2.35. The van der Waals surface area contributed by atoms with Crippen molar-refractivity contribution < 1.29 is 13.2 Å². The van der Waals surface area contributed by atoms with E-state index in [9.17, 15) is 13.2 Å². The summed E-state index contributed by atoms with van der Waals surface area (Å²) in [6, 6.07) is -0.322. The molecule has 1 unspecified atom stereocenters. The molecule has 0 fully saturated rings. The standard InChI is InChI=1S/C6H14N2O3S/c1-3-12(10,11)8-6(9)4-5(2)7/h5H,3-4,7H2,1-2H3,(H,8,9). The Morgan fingerprint density at radius 3 is 2.42 bits per heavy atom. The summed E-state index contributed by atoms with van der Waals surface area (Å²) >= 11 is 0. The molecule has 0 aliphatic rings. The minimum absolute atomic E-state index is 0.0270.